The smallest absolute Gasteiger partial charge is 0.312 e. The Bertz CT molecular complexity index is 1110. The molecule has 2 aromatic carbocycles. The molecule has 0 aliphatic carbocycles. The van der Waals surface area contributed by atoms with Crippen molar-refractivity contribution in [2.24, 2.45) is 0 Å². The van der Waals surface area contributed by atoms with Crippen molar-refractivity contribution in [3.05, 3.63) is 83.4 Å². The van der Waals surface area contributed by atoms with Gasteiger partial charge >= 0.3 is 5.97 Å². The Balaban J connectivity index is 1.59. The minimum atomic E-state index is -0.344. The normalized spacial score (nSPS) is 10.8. The van der Waals surface area contributed by atoms with Crippen LogP contribution in [0.3, 0.4) is 0 Å². The van der Waals surface area contributed by atoms with Crippen LogP contribution in [0, 0.1) is 13.8 Å². The number of carbonyl (C=O) groups is 1. The van der Waals surface area contributed by atoms with Gasteiger partial charge < -0.3 is 9.26 Å². The average molecular weight is 404 g/mol. The molecular formula is C23H20N2O3S. The second-order valence-corrected chi connectivity index (χ2v) is 7.79. The number of esters is 1. The van der Waals surface area contributed by atoms with Gasteiger partial charge in [0.25, 0.3) is 0 Å². The van der Waals surface area contributed by atoms with Gasteiger partial charge in [-0.3, -0.25) is 4.79 Å². The summed E-state index contributed by atoms with van der Waals surface area (Å²) in [4.78, 5) is 18.2. The molecule has 2 aromatic heterocycles. The molecule has 0 aliphatic heterocycles. The monoisotopic (exact) mass is 404 g/mol. The fourth-order valence-corrected chi connectivity index (χ4v) is 4.03. The molecule has 4 rings (SSSR count). The van der Waals surface area contributed by atoms with Gasteiger partial charge in [0.1, 0.15) is 23.1 Å². The quantitative estimate of drug-likeness (QED) is 0.404. The van der Waals surface area contributed by atoms with Crippen LogP contribution in [0.5, 0.6) is 0 Å². The molecule has 146 valence electrons. The number of benzene rings is 2. The van der Waals surface area contributed by atoms with Crippen molar-refractivity contribution < 1.29 is 14.1 Å². The lowest BCUT2D eigenvalue weighted by atomic mass is 10.1. The zero-order valence-corrected chi connectivity index (χ0v) is 17.0. The van der Waals surface area contributed by atoms with E-state index in [1.807, 2.05) is 30.3 Å². The molecule has 2 heterocycles. The molecule has 0 fully saturated rings. The summed E-state index contributed by atoms with van der Waals surface area (Å²) in [5.74, 6) is 0.341. The first-order chi connectivity index (χ1) is 14.1. The number of aromatic nitrogens is 2. The molecule has 0 spiro atoms. The number of nitrogens with zero attached hydrogens (tertiary/aromatic N) is 2. The van der Waals surface area contributed by atoms with Crippen LogP contribution in [0.15, 0.2) is 65.2 Å². The van der Waals surface area contributed by atoms with Crippen LogP contribution >= 0.6 is 11.3 Å². The van der Waals surface area contributed by atoms with Gasteiger partial charge in [-0.15, -0.1) is 11.3 Å². The fraction of sp³-hybridized carbons (Fsp3) is 0.174. The molecule has 29 heavy (non-hydrogen) atoms. The number of rotatable bonds is 6. The summed E-state index contributed by atoms with van der Waals surface area (Å²) in [7, 11) is 0. The van der Waals surface area contributed by atoms with Crippen LogP contribution in [0.2, 0.25) is 0 Å². The highest BCUT2D eigenvalue weighted by atomic mass is 32.1. The zero-order chi connectivity index (χ0) is 20.2. The molecule has 0 N–H and O–H groups in total. The predicted molar refractivity (Wildman–Crippen MR) is 112 cm³/mol. The van der Waals surface area contributed by atoms with Crippen LogP contribution in [-0.4, -0.2) is 16.1 Å². The fourth-order valence-electron chi connectivity index (χ4n) is 2.93. The number of carbonyl (C=O) groups excluding carboxylic acids is 1. The van der Waals surface area contributed by atoms with E-state index in [4.69, 9.17) is 14.2 Å². The topological polar surface area (TPSA) is 65.2 Å². The largest absolute Gasteiger partial charge is 0.459 e. The lowest BCUT2D eigenvalue weighted by molar-refractivity contribution is -0.144. The summed E-state index contributed by atoms with van der Waals surface area (Å²) in [5, 5.41) is 4.73. The van der Waals surface area contributed by atoms with E-state index in [1.165, 1.54) is 5.56 Å². The van der Waals surface area contributed by atoms with Crippen LogP contribution in [0.4, 0.5) is 0 Å². The van der Waals surface area contributed by atoms with Crippen LogP contribution in [-0.2, 0) is 22.6 Å². The first-order valence-corrected chi connectivity index (χ1v) is 10.1. The summed E-state index contributed by atoms with van der Waals surface area (Å²) in [6, 6.07) is 20.0. The molecule has 0 atom stereocenters. The van der Waals surface area contributed by atoms with E-state index in [1.54, 1.807) is 24.3 Å². The van der Waals surface area contributed by atoms with Gasteiger partial charge in [-0.25, -0.2) is 4.98 Å². The number of aryl methyl sites for hydroxylation is 2. The maximum atomic E-state index is 12.5. The molecule has 0 bridgehead atoms. The van der Waals surface area contributed by atoms with E-state index in [0.29, 0.717) is 11.5 Å². The van der Waals surface area contributed by atoms with E-state index < -0.39 is 0 Å². The Morgan fingerprint density at radius 2 is 1.79 bits per heavy atom. The molecule has 0 unspecified atom stereocenters. The first kappa shape index (κ1) is 19.1. The second-order valence-electron chi connectivity index (χ2n) is 6.79. The van der Waals surface area contributed by atoms with Crippen molar-refractivity contribution in [2.45, 2.75) is 26.9 Å². The summed E-state index contributed by atoms with van der Waals surface area (Å²) in [6.07, 6.45) is 0.101. The minimum absolute atomic E-state index is 0.0890. The predicted octanol–water partition coefficient (Wildman–Crippen LogP) is 5.37. The third kappa shape index (κ3) is 4.60. The van der Waals surface area contributed by atoms with Gasteiger partial charge in [0, 0.05) is 11.6 Å². The van der Waals surface area contributed by atoms with Crippen molar-refractivity contribution in [3.8, 4) is 21.0 Å². The van der Waals surface area contributed by atoms with E-state index in [2.05, 4.69) is 36.3 Å². The third-order valence-electron chi connectivity index (χ3n) is 4.40. The van der Waals surface area contributed by atoms with E-state index >= 15 is 0 Å². The molecule has 0 saturated carbocycles. The second kappa shape index (κ2) is 8.41. The maximum absolute atomic E-state index is 12.5. The Morgan fingerprint density at radius 1 is 1.03 bits per heavy atom. The van der Waals surface area contributed by atoms with Crippen LogP contribution < -0.4 is 0 Å². The lowest BCUT2D eigenvalue weighted by Crippen LogP contribution is -2.09. The molecule has 5 nitrogen and oxygen atoms in total. The maximum Gasteiger partial charge on any atom is 0.312 e. The number of hydrogen-bond acceptors (Lipinski definition) is 6. The molecular weight excluding hydrogens is 384 g/mol. The summed E-state index contributed by atoms with van der Waals surface area (Å²) in [6.45, 7) is 3.94. The highest BCUT2D eigenvalue weighted by Gasteiger charge is 2.18. The van der Waals surface area contributed by atoms with Crippen molar-refractivity contribution in [3.63, 3.8) is 0 Å². The molecule has 0 radical (unpaired) electrons. The standard InChI is InChI=1S/C23H20N2O3S/c1-15-8-10-17(11-9-15)22-20(24-23(29-22)18-6-4-3-5-7-18)13-21(26)27-14-19-12-16(2)28-25-19/h3-12H,13-14H2,1-2H3. The van der Waals surface area contributed by atoms with E-state index in [-0.39, 0.29) is 19.0 Å². The van der Waals surface area contributed by atoms with Crippen LogP contribution in [0.25, 0.3) is 21.0 Å². The Hall–Kier alpha value is -3.25. The Morgan fingerprint density at radius 3 is 2.48 bits per heavy atom. The van der Waals surface area contributed by atoms with Gasteiger partial charge in [-0.05, 0) is 19.4 Å². The average Bonchev–Trinajstić information content (AvgIpc) is 3.34. The molecule has 0 saturated heterocycles. The number of hydrogen-bond donors (Lipinski definition) is 0. The van der Waals surface area contributed by atoms with Crippen molar-refractivity contribution in [1.82, 2.24) is 10.1 Å². The summed E-state index contributed by atoms with van der Waals surface area (Å²) in [5.41, 5.74) is 4.58. The van der Waals surface area contributed by atoms with Gasteiger partial charge in [-0.2, -0.15) is 0 Å². The van der Waals surface area contributed by atoms with E-state index in [0.717, 1.165) is 26.7 Å². The van der Waals surface area contributed by atoms with Crippen molar-refractivity contribution in [2.75, 3.05) is 0 Å². The summed E-state index contributed by atoms with van der Waals surface area (Å²) < 4.78 is 10.4. The van der Waals surface area contributed by atoms with Gasteiger partial charge in [-0.1, -0.05) is 65.3 Å². The van der Waals surface area contributed by atoms with Crippen LogP contribution in [0.1, 0.15) is 22.7 Å². The molecule has 0 amide bonds. The van der Waals surface area contributed by atoms with E-state index in [9.17, 15) is 4.79 Å². The number of thiazole rings is 1. The summed E-state index contributed by atoms with van der Waals surface area (Å²) >= 11 is 1.59. The first-order valence-electron chi connectivity index (χ1n) is 9.28. The van der Waals surface area contributed by atoms with Gasteiger partial charge in [0.15, 0.2) is 0 Å². The Labute approximate surface area is 173 Å². The molecule has 4 aromatic rings. The zero-order valence-electron chi connectivity index (χ0n) is 16.2. The van der Waals surface area contributed by atoms with Crippen molar-refractivity contribution >= 4 is 17.3 Å². The minimum Gasteiger partial charge on any atom is -0.459 e. The third-order valence-corrected chi connectivity index (χ3v) is 5.60. The Kier molecular flexibility index (Phi) is 5.53. The molecule has 6 heteroatoms. The highest BCUT2D eigenvalue weighted by Crippen LogP contribution is 2.36. The highest BCUT2D eigenvalue weighted by molar-refractivity contribution is 7.18. The molecule has 0 aliphatic rings. The van der Waals surface area contributed by atoms with Gasteiger partial charge in [0.2, 0.25) is 0 Å². The van der Waals surface area contributed by atoms with Crippen molar-refractivity contribution in [1.29, 1.82) is 0 Å². The SMILES string of the molecule is Cc1ccc(-c2sc(-c3ccccc3)nc2CC(=O)OCc2cc(C)on2)cc1. The lowest BCUT2D eigenvalue weighted by Gasteiger charge is -2.04. The van der Waals surface area contributed by atoms with Gasteiger partial charge in [0.05, 0.1) is 17.0 Å². The number of ether oxygens (including phenoxy) is 1.